The van der Waals surface area contributed by atoms with Crippen LogP contribution in [0.5, 0.6) is 0 Å². The van der Waals surface area contributed by atoms with Crippen LogP contribution in [0.1, 0.15) is 25.3 Å². The van der Waals surface area contributed by atoms with Gasteiger partial charge in [-0.1, -0.05) is 42.1 Å². The van der Waals surface area contributed by atoms with Crippen LogP contribution in [0, 0.1) is 5.92 Å². The number of sulfone groups is 1. The van der Waals surface area contributed by atoms with Crippen LogP contribution in [0.15, 0.2) is 59.6 Å². The molecule has 3 saturated heterocycles. The first-order valence-electron chi connectivity index (χ1n) is 11.5. The van der Waals surface area contributed by atoms with Gasteiger partial charge in [0.2, 0.25) is 5.91 Å². The van der Waals surface area contributed by atoms with Crippen molar-refractivity contribution in [3.05, 3.63) is 60.2 Å². The van der Waals surface area contributed by atoms with Gasteiger partial charge in [-0.2, -0.15) is 4.99 Å². The number of rotatable bonds is 4. The van der Waals surface area contributed by atoms with Crippen LogP contribution in [0.25, 0.3) is 0 Å². The first-order chi connectivity index (χ1) is 15.9. The van der Waals surface area contributed by atoms with E-state index in [1.807, 2.05) is 17.0 Å². The van der Waals surface area contributed by atoms with Crippen molar-refractivity contribution in [3.63, 3.8) is 0 Å². The van der Waals surface area contributed by atoms with Crippen LogP contribution in [-0.4, -0.2) is 55.4 Å². The van der Waals surface area contributed by atoms with Crippen LogP contribution < -0.4 is 9.80 Å². The average Bonchev–Trinajstić information content (AvgIpc) is 3.25. The highest BCUT2D eigenvalue weighted by atomic mass is 32.2. The highest BCUT2D eigenvalue weighted by molar-refractivity contribution is 8.16. The van der Waals surface area contributed by atoms with E-state index in [-0.39, 0.29) is 28.7 Å². The number of fused-ring (bicyclic) bond motifs is 1. The standard InChI is InChI=1S/C25H29N3O3S2/c1-18(29)26-25-28(23-16-33(30,31)17-24(23)32-25)22-9-7-21(8-10-22)27-13-11-20(12-14-27)15-19-5-3-2-4-6-19/h2-10,20,23-24H,11-17H2,1H3. The Bertz CT molecular complexity index is 1140. The molecule has 0 bridgehead atoms. The second kappa shape index (κ2) is 9.14. The molecule has 33 heavy (non-hydrogen) atoms. The molecule has 3 heterocycles. The van der Waals surface area contributed by atoms with E-state index in [1.165, 1.54) is 42.8 Å². The van der Waals surface area contributed by atoms with E-state index >= 15 is 0 Å². The smallest absolute Gasteiger partial charge is 0.244 e. The molecule has 0 aromatic heterocycles. The topological polar surface area (TPSA) is 70.0 Å². The number of benzene rings is 2. The summed E-state index contributed by atoms with van der Waals surface area (Å²) in [5.41, 5.74) is 3.50. The number of piperidine rings is 1. The predicted octanol–water partition coefficient (Wildman–Crippen LogP) is 3.77. The van der Waals surface area contributed by atoms with Gasteiger partial charge in [-0.3, -0.25) is 4.79 Å². The number of nitrogens with zero attached hydrogens (tertiary/aromatic N) is 3. The Morgan fingerprint density at radius 2 is 1.67 bits per heavy atom. The maximum absolute atomic E-state index is 12.2. The zero-order chi connectivity index (χ0) is 23.0. The number of amidine groups is 1. The summed E-state index contributed by atoms with van der Waals surface area (Å²) in [6, 6.07) is 18.8. The zero-order valence-corrected chi connectivity index (χ0v) is 20.4. The van der Waals surface area contributed by atoms with E-state index in [0.29, 0.717) is 5.17 Å². The number of thioether (sulfide) groups is 1. The van der Waals surface area contributed by atoms with Crippen molar-refractivity contribution in [1.29, 1.82) is 0 Å². The van der Waals surface area contributed by atoms with Gasteiger partial charge in [0, 0.05) is 36.6 Å². The van der Waals surface area contributed by atoms with E-state index in [9.17, 15) is 13.2 Å². The number of hydrogen-bond acceptors (Lipinski definition) is 5. The monoisotopic (exact) mass is 483 g/mol. The fourth-order valence-corrected chi connectivity index (χ4v) is 9.13. The Hall–Kier alpha value is -2.32. The van der Waals surface area contributed by atoms with Gasteiger partial charge >= 0.3 is 0 Å². The number of hydrogen-bond donors (Lipinski definition) is 0. The summed E-state index contributed by atoms with van der Waals surface area (Å²) in [5.74, 6) is 0.709. The third kappa shape index (κ3) is 4.96. The Morgan fingerprint density at radius 3 is 2.33 bits per heavy atom. The molecule has 0 radical (unpaired) electrons. The molecule has 5 rings (SSSR count). The highest BCUT2D eigenvalue weighted by Gasteiger charge is 2.49. The maximum Gasteiger partial charge on any atom is 0.244 e. The van der Waals surface area contributed by atoms with Crippen LogP contribution in [0.4, 0.5) is 11.4 Å². The Morgan fingerprint density at radius 1 is 1.00 bits per heavy atom. The van der Waals surface area contributed by atoms with Gasteiger partial charge in [0.25, 0.3) is 0 Å². The number of anilines is 2. The predicted molar refractivity (Wildman–Crippen MR) is 136 cm³/mol. The molecule has 174 valence electrons. The Labute approximate surface area is 200 Å². The molecule has 0 aliphatic carbocycles. The number of carbonyl (C=O) groups is 1. The number of carbonyl (C=O) groups excluding carboxylic acids is 1. The third-order valence-electron chi connectivity index (χ3n) is 6.79. The maximum atomic E-state index is 12.2. The van der Waals surface area contributed by atoms with Crippen LogP contribution in [0.2, 0.25) is 0 Å². The summed E-state index contributed by atoms with van der Waals surface area (Å²) >= 11 is 1.41. The molecule has 0 spiro atoms. The second-order valence-corrected chi connectivity index (χ2v) is 12.6. The molecule has 2 aromatic rings. The first kappa shape index (κ1) is 22.5. The third-order valence-corrected chi connectivity index (χ3v) is 10.0. The van der Waals surface area contributed by atoms with E-state index in [2.05, 4.69) is 52.4 Å². The Balaban J connectivity index is 1.27. The molecule has 3 aliphatic heterocycles. The molecule has 8 heteroatoms. The molecule has 0 N–H and O–H groups in total. The molecule has 3 aliphatic rings. The molecule has 6 nitrogen and oxygen atoms in total. The second-order valence-electron chi connectivity index (χ2n) is 9.22. The summed E-state index contributed by atoms with van der Waals surface area (Å²) in [5, 5.41) is 0.540. The van der Waals surface area contributed by atoms with Crippen molar-refractivity contribution < 1.29 is 13.2 Å². The largest absolute Gasteiger partial charge is 0.372 e. The molecule has 3 fully saturated rings. The summed E-state index contributed by atoms with van der Waals surface area (Å²) in [4.78, 5) is 20.2. The van der Waals surface area contributed by atoms with Gasteiger partial charge < -0.3 is 9.80 Å². The normalized spacial score (nSPS) is 26.0. The van der Waals surface area contributed by atoms with Gasteiger partial charge in [-0.05, 0) is 55.0 Å². The quantitative estimate of drug-likeness (QED) is 0.659. The van der Waals surface area contributed by atoms with Gasteiger partial charge in [0.1, 0.15) is 0 Å². The molecular formula is C25H29N3O3S2. The SMILES string of the molecule is CC(=O)N=C1SC2CS(=O)(=O)CC2N1c1ccc(N2CCC(Cc3ccccc3)CC2)cc1. The molecule has 1 amide bonds. The lowest BCUT2D eigenvalue weighted by Gasteiger charge is -2.34. The fourth-order valence-electron chi connectivity index (χ4n) is 5.17. The van der Waals surface area contributed by atoms with Crippen molar-refractivity contribution >= 4 is 44.0 Å². The van der Waals surface area contributed by atoms with Crippen molar-refractivity contribution in [3.8, 4) is 0 Å². The van der Waals surface area contributed by atoms with E-state index in [4.69, 9.17) is 0 Å². The average molecular weight is 484 g/mol. The van der Waals surface area contributed by atoms with E-state index in [0.717, 1.165) is 31.1 Å². The molecule has 2 aromatic carbocycles. The lowest BCUT2D eigenvalue weighted by molar-refractivity contribution is -0.115. The molecular weight excluding hydrogens is 454 g/mol. The summed E-state index contributed by atoms with van der Waals surface area (Å²) in [6.07, 6.45) is 3.50. The van der Waals surface area contributed by atoms with Gasteiger partial charge in [0.15, 0.2) is 15.0 Å². The summed E-state index contributed by atoms with van der Waals surface area (Å²) < 4.78 is 24.4. The minimum absolute atomic E-state index is 0.0728. The van der Waals surface area contributed by atoms with E-state index in [1.54, 1.807) is 0 Å². The highest BCUT2D eigenvalue weighted by Crippen LogP contribution is 2.41. The first-order valence-corrected chi connectivity index (χ1v) is 14.2. The van der Waals surface area contributed by atoms with Crippen molar-refractivity contribution in [1.82, 2.24) is 0 Å². The minimum Gasteiger partial charge on any atom is -0.372 e. The minimum atomic E-state index is -3.06. The lowest BCUT2D eigenvalue weighted by atomic mass is 9.90. The van der Waals surface area contributed by atoms with Crippen LogP contribution in [0.3, 0.4) is 0 Å². The summed E-state index contributed by atoms with van der Waals surface area (Å²) in [7, 11) is -3.06. The fraction of sp³-hybridized carbons (Fsp3) is 0.440. The zero-order valence-electron chi connectivity index (χ0n) is 18.8. The molecule has 2 unspecified atom stereocenters. The van der Waals surface area contributed by atoms with Crippen LogP contribution >= 0.6 is 11.8 Å². The molecule has 0 saturated carbocycles. The Kier molecular flexibility index (Phi) is 6.22. The number of aliphatic imine (C=N–C) groups is 1. The number of amides is 1. The van der Waals surface area contributed by atoms with Gasteiger partial charge in [-0.25, -0.2) is 8.42 Å². The van der Waals surface area contributed by atoms with Gasteiger partial charge in [-0.15, -0.1) is 0 Å². The van der Waals surface area contributed by atoms with Crippen LogP contribution in [-0.2, 0) is 21.1 Å². The molecule has 2 atom stereocenters. The van der Waals surface area contributed by atoms with Gasteiger partial charge in [0.05, 0.1) is 17.5 Å². The van der Waals surface area contributed by atoms with E-state index < -0.39 is 9.84 Å². The summed E-state index contributed by atoms with van der Waals surface area (Å²) in [6.45, 7) is 3.51. The van der Waals surface area contributed by atoms with Crippen molar-refractivity contribution in [2.24, 2.45) is 10.9 Å². The lowest BCUT2D eigenvalue weighted by Crippen LogP contribution is -2.38. The van der Waals surface area contributed by atoms with Crippen molar-refractivity contribution in [2.45, 2.75) is 37.5 Å². The van der Waals surface area contributed by atoms with Crippen molar-refractivity contribution in [2.75, 3.05) is 34.4 Å².